The van der Waals surface area contributed by atoms with Gasteiger partial charge in [-0.15, -0.1) is 4.91 Å². The van der Waals surface area contributed by atoms with Gasteiger partial charge in [-0.1, -0.05) is 49.9 Å². The summed E-state index contributed by atoms with van der Waals surface area (Å²) in [6.07, 6.45) is 8.96. The van der Waals surface area contributed by atoms with Gasteiger partial charge in [0.05, 0.1) is 11.8 Å². The summed E-state index contributed by atoms with van der Waals surface area (Å²) in [7, 11) is 0. The zero-order valence-corrected chi connectivity index (χ0v) is 17.9. The van der Waals surface area contributed by atoms with E-state index in [-0.39, 0.29) is 25.3 Å². The van der Waals surface area contributed by atoms with Gasteiger partial charge in [0.2, 0.25) is 0 Å². The van der Waals surface area contributed by atoms with E-state index in [4.69, 9.17) is 0 Å². The van der Waals surface area contributed by atoms with Crippen LogP contribution in [0.1, 0.15) is 18.6 Å². The lowest BCUT2D eigenvalue weighted by Crippen LogP contribution is -1.99. The number of aromatic nitrogens is 4. The second kappa shape index (κ2) is 9.96. The Morgan fingerprint density at radius 1 is 1.03 bits per heavy atom. The van der Waals surface area contributed by atoms with Gasteiger partial charge in [-0.2, -0.15) is 4.73 Å². The van der Waals surface area contributed by atoms with E-state index >= 15 is 0 Å². The number of imidazole rings is 2. The number of benzene rings is 3. The van der Waals surface area contributed by atoms with Gasteiger partial charge in [-0.3, -0.25) is 4.79 Å². The molecule has 0 unspecified atom stereocenters. The molecule has 0 atom stereocenters. The van der Waals surface area contributed by atoms with Crippen LogP contribution in [-0.2, 0) is 11.2 Å². The molecule has 0 spiro atoms. The van der Waals surface area contributed by atoms with Crippen LogP contribution < -0.4 is 0 Å². The Morgan fingerprint density at radius 3 is 2.49 bits per heavy atom. The minimum absolute atomic E-state index is 0. The fourth-order valence-corrected chi connectivity index (χ4v) is 3.69. The largest absolute Gasteiger partial charge is 0.426 e. The second-order valence-electron chi connectivity index (χ2n) is 7.75. The summed E-state index contributed by atoms with van der Waals surface area (Å²) < 4.78 is 2.85. The lowest BCUT2D eigenvalue weighted by atomic mass is 10.1. The van der Waals surface area contributed by atoms with Gasteiger partial charge in [0, 0.05) is 30.1 Å². The maximum atomic E-state index is 12.4. The number of nitroso groups, excluding NO2 is 1. The van der Waals surface area contributed by atoms with Crippen LogP contribution in [0.25, 0.3) is 34.2 Å². The number of allylic oxidation sites excluding steroid dienone is 1. The topological polar surface area (TPSA) is 102 Å². The smallest absolute Gasteiger partial charge is 0.176 e. The molecule has 2 aromatic heterocycles. The molecule has 1 N–H and O–H groups in total. The van der Waals surface area contributed by atoms with E-state index in [0.717, 1.165) is 21.5 Å². The maximum Gasteiger partial charge on any atom is 0.176 e. The predicted octanol–water partition coefficient (Wildman–Crippen LogP) is 5.99. The molecule has 0 aliphatic rings. The van der Waals surface area contributed by atoms with Gasteiger partial charge in [0.25, 0.3) is 0 Å². The average molecular weight is 466 g/mol. The molecule has 35 heavy (non-hydrogen) atoms. The molecular weight excluding hydrogens is 442 g/mol. The van der Waals surface area contributed by atoms with E-state index < -0.39 is 0 Å². The van der Waals surface area contributed by atoms with Crippen molar-refractivity contribution in [1.29, 1.82) is 0 Å². The SMILES string of the molecule is C.O=Nc1ccc2nc(-c3ccc(CC(=O)/C=C/c4ccc(-n5ccnc5)cc4)cc3)n(O)c2c1. The zero-order chi connectivity index (χ0) is 23.5. The van der Waals surface area contributed by atoms with Crippen molar-refractivity contribution in [2.24, 2.45) is 5.18 Å². The minimum atomic E-state index is -0.0188. The monoisotopic (exact) mass is 465 g/mol. The molecule has 5 rings (SSSR count). The normalized spacial score (nSPS) is 11.0. The Bertz CT molecular complexity index is 1500. The molecule has 5 aromatic rings. The van der Waals surface area contributed by atoms with Crippen LogP contribution in [0.2, 0.25) is 0 Å². The Kier molecular flexibility index (Phi) is 6.64. The third-order valence-corrected chi connectivity index (χ3v) is 5.47. The van der Waals surface area contributed by atoms with Crippen LogP contribution in [0, 0.1) is 4.91 Å². The Morgan fingerprint density at radius 2 is 1.80 bits per heavy atom. The van der Waals surface area contributed by atoms with Gasteiger partial charge in [0.1, 0.15) is 11.2 Å². The molecule has 3 aromatic carbocycles. The molecule has 8 heteroatoms. The lowest BCUT2D eigenvalue weighted by Gasteiger charge is -2.03. The van der Waals surface area contributed by atoms with Gasteiger partial charge in [-0.05, 0) is 52.7 Å². The van der Waals surface area contributed by atoms with Crippen LogP contribution >= 0.6 is 0 Å². The van der Waals surface area contributed by atoms with Crippen molar-refractivity contribution in [2.45, 2.75) is 13.8 Å². The standard InChI is InChI=1S/C26H19N5O3.CH4/c32-23(11-5-18-3-9-22(10-4-18)30-14-13-27-17-30)15-19-1-6-20(7-2-19)26-28-24-12-8-21(29-33)16-25(24)31(26)34;/h1-14,16-17,34H,15H2;1H4/b11-5+;. The van der Waals surface area contributed by atoms with Crippen molar-refractivity contribution >= 4 is 28.6 Å². The Balaban J connectivity index is 0.00000289. The third-order valence-electron chi connectivity index (χ3n) is 5.47. The summed E-state index contributed by atoms with van der Waals surface area (Å²) in [6, 6.07) is 19.7. The number of carbonyl (C=O) groups excluding carboxylic acids is 1. The summed E-state index contributed by atoms with van der Waals surface area (Å²) in [5.41, 5.74) is 4.62. The predicted molar refractivity (Wildman–Crippen MR) is 136 cm³/mol. The number of nitrogens with zero attached hydrogens (tertiary/aromatic N) is 5. The first kappa shape index (κ1) is 23.3. The van der Waals surface area contributed by atoms with Gasteiger partial charge in [-0.25, -0.2) is 9.97 Å². The number of hydrogen-bond donors (Lipinski definition) is 1. The van der Waals surface area contributed by atoms with Crippen molar-refractivity contribution in [3.63, 3.8) is 0 Å². The van der Waals surface area contributed by atoms with E-state index in [1.807, 2.05) is 47.2 Å². The first-order valence-electron chi connectivity index (χ1n) is 10.5. The summed E-state index contributed by atoms with van der Waals surface area (Å²) in [6.45, 7) is 0. The molecule has 0 aliphatic carbocycles. The fraction of sp³-hybridized carbons (Fsp3) is 0.0741. The first-order valence-corrected chi connectivity index (χ1v) is 10.5. The number of ketones is 1. The number of rotatable bonds is 7. The van der Waals surface area contributed by atoms with Crippen molar-refractivity contribution in [2.75, 3.05) is 0 Å². The van der Waals surface area contributed by atoms with Crippen LogP contribution in [0.15, 0.2) is 96.7 Å². The second-order valence-corrected chi connectivity index (χ2v) is 7.75. The highest BCUT2D eigenvalue weighted by Gasteiger charge is 2.13. The lowest BCUT2D eigenvalue weighted by molar-refractivity contribution is -0.113. The Hall–Kier alpha value is -4.85. The molecule has 0 bridgehead atoms. The quantitative estimate of drug-likeness (QED) is 0.181. The van der Waals surface area contributed by atoms with Crippen molar-refractivity contribution < 1.29 is 10.0 Å². The molecule has 2 heterocycles. The summed E-state index contributed by atoms with van der Waals surface area (Å²) in [4.78, 5) is 31.6. The van der Waals surface area contributed by atoms with Gasteiger partial charge in [0.15, 0.2) is 11.6 Å². The molecule has 174 valence electrons. The highest BCUT2D eigenvalue weighted by Crippen LogP contribution is 2.26. The van der Waals surface area contributed by atoms with E-state index in [0.29, 0.717) is 22.4 Å². The molecule has 0 fully saturated rings. The molecule has 0 amide bonds. The Labute approximate surface area is 201 Å². The van der Waals surface area contributed by atoms with Crippen molar-refractivity contribution in [3.8, 4) is 17.1 Å². The van der Waals surface area contributed by atoms with Crippen molar-refractivity contribution in [3.05, 3.63) is 108 Å². The molecular formula is C27H23N5O3. The summed E-state index contributed by atoms with van der Waals surface area (Å²) in [5.74, 6) is 0.324. The van der Waals surface area contributed by atoms with E-state index in [1.165, 1.54) is 6.07 Å². The van der Waals surface area contributed by atoms with E-state index in [9.17, 15) is 14.9 Å². The zero-order valence-electron chi connectivity index (χ0n) is 17.9. The third kappa shape index (κ3) is 4.91. The summed E-state index contributed by atoms with van der Waals surface area (Å²) in [5, 5.41) is 13.4. The number of hydrogen-bond acceptors (Lipinski definition) is 6. The van der Waals surface area contributed by atoms with Gasteiger partial charge >= 0.3 is 0 Å². The van der Waals surface area contributed by atoms with E-state index in [2.05, 4.69) is 15.1 Å². The minimum Gasteiger partial charge on any atom is -0.426 e. The fourth-order valence-electron chi connectivity index (χ4n) is 3.69. The van der Waals surface area contributed by atoms with E-state index in [1.54, 1.807) is 48.9 Å². The van der Waals surface area contributed by atoms with Crippen LogP contribution in [0.4, 0.5) is 5.69 Å². The van der Waals surface area contributed by atoms with Crippen LogP contribution in [0.3, 0.4) is 0 Å². The molecule has 0 saturated carbocycles. The first-order chi connectivity index (χ1) is 16.6. The number of carbonyl (C=O) groups is 1. The molecule has 0 radical (unpaired) electrons. The van der Waals surface area contributed by atoms with Crippen molar-refractivity contribution in [1.82, 2.24) is 19.3 Å². The molecule has 0 saturated heterocycles. The number of fused-ring (bicyclic) bond motifs is 1. The average Bonchev–Trinajstić information content (AvgIpc) is 3.52. The highest BCUT2D eigenvalue weighted by atomic mass is 16.5. The summed E-state index contributed by atoms with van der Waals surface area (Å²) >= 11 is 0. The maximum absolute atomic E-state index is 12.4. The van der Waals surface area contributed by atoms with Crippen LogP contribution in [-0.4, -0.2) is 30.3 Å². The molecule has 8 nitrogen and oxygen atoms in total. The van der Waals surface area contributed by atoms with Crippen LogP contribution in [0.5, 0.6) is 0 Å². The highest BCUT2D eigenvalue weighted by molar-refractivity contribution is 5.95. The van der Waals surface area contributed by atoms with Gasteiger partial charge < -0.3 is 9.77 Å². The molecule has 0 aliphatic heterocycles.